The molecule has 5 heteroatoms. The van der Waals surface area contributed by atoms with Gasteiger partial charge < -0.3 is 20.9 Å². The van der Waals surface area contributed by atoms with Crippen LogP contribution in [0.1, 0.15) is 36.9 Å². The third kappa shape index (κ3) is 3.72. The molecule has 5 rings (SSSR count). The van der Waals surface area contributed by atoms with Crippen LogP contribution < -0.4 is 16.0 Å². The summed E-state index contributed by atoms with van der Waals surface area (Å²) in [5.74, 6) is 0.749. The fourth-order valence-corrected chi connectivity index (χ4v) is 4.61. The van der Waals surface area contributed by atoms with Crippen molar-refractivity contribution in [3.05, 3.63) is 47.9 Å². The number of fused-ring (bicyclic) bond motifs is 3. The van der Waals surface area contributed by atoms with Gasteiger partial charge in [-0.2, -0.15) is 0 Å². The highest BCUT2D eigenvalue weighted by atomic mass is 14.9. The van der Waals surface area contributed by atoms with Crippen molar-refractivity contribution in [2.75, 3.05) is 30.3 Å². The third-order valence-corrected chi connectivity index (χ3v) is 6.18. The van der Waals surface area contributed by atoms with Crippen LogP contribution in [-0.4, -0.2) is 29.6 Å². The van der Waals surface area contributed by atoms with E-state index in [1.165, 1.54) is 60.7 Å². The number of aromatic nitrogens is 2. The average molecular weight is 376 g/mol. The Kier molecular flexibility index (Phi) is 4.92. The Bertz CT molecular complexity index is 955. The van der Waals surface area contributed by atoms with Gasteiger partial charge in [-0.1, -0.05) is 6.07 Å². The Morgan fingerprint density at radius 2 is 1.82 bits per heavy atom. The number of anilines is 3. The lowest BCUT2D eigenvalue weighted by Gasteiger charge is -2.23. The van der Waals surface area contributed by atoms with E-state index in [4.69, 9.17) is 0 Å². The van der Waals surface area contributed by atoms with Gasteiger partial charge in [0.2, 0.25) is 0 Å². The van der Waals surface area contributed by atoms with Crippen LogP contribution in [0.5, 0.6) is 0 Å². The molecule has 3 aromatic rings. The zero-order valence-corrected chi connectivity index (χ0v) is 16.4. The minimum atomic E-state index is 0.749. The number of hydrogen-bond acceptors (Lipinski definition) is 4. The molecule has 5 nitrogen and oxygen atoms in total. The summed E-state index contributed by atoms with van der Waals surface area (Å²) in [7, 11) is 0. The first-order valence-electron chi connectivity index (χ1n) is 10.7. The molecule has 1 aromatic carbocycles. The highest BCUT2D eigenvalue weighted by molar-refractivity contribution is 5.88. The van der Waals surface area contributed by atoms with E-state index in [0.717, 1.165) is 42.6 Å². The first kappa shape index (κ1) is 17.6. The van der Waals surface area contributed by atoms with Gasteiger partial charge in [0.1, 0.15) is 0 Å². The second-order valence-electron chi connectivity index (χ2n) is 8.21. The predicted molar refractivity (Wildman–Crippen MR) is 117 cm³/mol. The number of benzene rings is 1. The molecule has 3 heterocycles. The van der Waals surface area contributed by atoms with Gasteiger partial charge in [0.05, 0.1) is 23.8 Å². The van der Waals surface area contributed by atoms with Crippen LogP contribution in [0.4, 0.5) is 17.1 Å². The summed E-state index contributed by atoms with van der Waals surface area (Å²) in [6.07, 6.45) is 11.3. The van der Waals surface area contributed by atoms with E-state index in [1.54, 1.807) is 0 Å². The van der Waals surface area contributed by atoms with Crippen molar-refractivity contribution in [3.63, 3.8) is 0 Å². The number of piperidine rings is 1. The predicted octanol–water partition coefficient (Wildman–Crippen LogP) is 4.60. The Labute approximate surface area is 166 Å². The fraction of sp³-hybridized carbons (Fsp3) is 0.435. The Balaban J connectivity index is 1.29. The minimum Gasteiger partial charge on any atom is -0.383 e. The average Bonchev–Trinajstić information content (AvgIpc) is 3.11. The van der Waals surface area contributed by atoms with Crippen molar-refractivity contribution in [2.45, 2.75) is 38.5 Å². The van der Waals surface area contributed by atoms with Gasteiger partial charge in [-0.25, -0.2) is 0 Å². The Morgan fingerprint density at radius 1 is 0.964 bits per heavy atom. The van der Waals surface area contributed by atoms with Crippen molar-refractivity contribution in [1.82, 2.24) is 15.3 Å². The number of H-pyrrole nitrogens is 1. The van der Waals surface area contributed by atoms with Crippen LogP contribution in [0, 0.1) is 5.92 Å². The molecular formula is C23H29N5. The number of aryl methyl sites for hydroxylation is 2. The fourth-order valence-electron chi connectivity index (χ4n) is 4.61. The van der Waals surface area contributed by atoms with Crippen molar-refractivity contribution < 1.29 is 0 Å². The summed E-state index contributed by atoms with van der Waals surface area (Å²) in [6, 6.07) is 8.81. The van der Waals surface area contributed by atoms with Gasteiger partial charge in [0.25, 0.3) is 0 Å². The molecule has 0 unspecified atom stereocenters. The number of aromatic amines is 1. The van der Waals surface area contributed by atoms with E-state index in [2.05, 4.69) is 50.2 Å². The van der Waals surface area contributed by atoms with Crippen LogP contribution in [0.2, 0.25) is 0 Å². The van der Waals surface area contributed by atoms with E-state index in [-0.39, 0.29) is 0 Å². The zero-order valence-electron chi connectivity index (χ0n) is 16.4. The molecule has 0 atom stereocenters. The molecule has 2 aromatic heterocycles. The topological polar surface area (TPSA) is 64.8 Å². The molecular weight excluding hydrogens is 346 g/mol. The van der Waals surface area contributed by atoms with Gasteiger partial charge in [-0.05, 0) is 81.3 Å². The maximum atomic E-state index is 4.41. The van der Waals surface area contributed by atoms with Gasteiger partial charge in [0.15, 0.2) is 0 Å². The first-order chi connectivity index (χ1) is 13.8. The van der Waals surface area contributed by atoms with E-state index in [9.17, 15) is 0 Å². The van der Waals surface area contributed by atoms with Crippen LogP contribution in [0.25, 0.3) is 10.9 Å². The normalized spacial score (nSPS) is 17.4. The Morgan fingerprint density at radius 3 is 2.75 bits per heavy atom. The molecule has 28 heavy (non-hydrogen) atoms. The molecule has 0 radical (unpaired) electrons. The SMILES string of the molecule is c1ncc(Nc2ccc3c4c([nH]c3c2)CCCC4)cc1NCC1CCNCC1. The maximum absolute atomic E-state index is 4.41. The number of nitrogens with zero attached hydrogens (tertiary/aromatic N) is 1. The second kappa shape index (κ2) is 7.84. The molecule has 1 fully saturated rings. The summed E-state index contributed by atoms with van der Waals surface area (Å²) >= 11 is 0. The number of pyridine rings is 1. The van der Waals surface area contributed by atoms with Crippen LogP contribution in [0.15, 0.2) is 36.7 Å². The molecule has 4 N–H and O–H groups in total. The summed E-state index contributed by atoms with van der Waals surface area (Å²) in [6.45, 7) is 3.29. The van der Waals surface area contributed by atoms with E-state index >= 15 is 0 Å². The van der Waals surface area contributed by atoms with E-state index in [1.807, 2.05) is 12.4 Å². The molecule has 1 aliphatic carbocycles. The van der Waals surface area contributed by atoms with Crippen molar-refractivity contribution >= 4 is 28.0 Å². The largest absolute Gasteiger partial charge is 0.383 e. The molecule has 1 saturated heterocycles. The summed E-state index contributed by atoms with van der Waals surface area (Å²) in [5, 5.41) is 11.9. The molecule has 1 aliphatic heterocycles. The quantitative estimate of drug-likeness (QED) is 0.526. The zero-order chi connectivity index (χ0) is 18.8. The second-order valence-corrected chi connectivity index (χ2v) is 8.21. The van der Waals surface area contributed by atoms with Crippen LogP contribution in [0.3, 0.4) is 0 Å². The van der Waals surface area contributed by atoms with E-state index in [0.29, 0.717) is 0 Å². The molecule has 146 valence electrons. The Hall–Kier alpha value is -2.53. The van der Waals surface area contributed by atoms with Crippen molar-refractivity contribution in [1.29, 1.82) is 0 Å². The molecule has 0 saturated carbocycles. The molecule has 0 amide bonds. The van der Waals surface area contributed by atoms with Crippen LogP contribution in [-0.2, 0) is 12.8 Å². The van der Waals surface area contributed by atoms with Gasteiger partial charge in [-0.15, -0.1) is 0 Å². The molecule has 2 aliphatic rings. The lowest BCUT2D eigenvalue weighted by Crippen LogP contribution is -2.31. The van der Waals surface area contributed by atoms with E-state index < -0.39 is 0 Å². The summed E-state index contributed by atoms with van der Waals surface area (Å²) < 4.78 is 0. The summed E-state index contributed by atoms with van der Waals surface area (Å²) in [4.78, 5) is 8.05. The lowest BCUT2D eigenvalue weighted by molar-refractivity contribution is 0.390. The monoisotopic (exact) mass is 375 g/mol. The smallest absolute Gasteiger partial charge is 0.0591 e. The maximum Gasteiger partial charge on any atom is 0.0591 e. The minimum absolute atomic E-state index is 0.749. The standard InChI is InChI=1S/C23H29N5/c1-2-4-22-20(3-1)21-6-5-17(12-23(21)28-22)27-19-11-18(14-25-15-19)26-13-16-7-9-24-10-8-16/h5-6,11-12,14-16,24,26-28H,1-4,7-10,13H2. The van der Waals surface area contributed by atoms with Gasteiger partial charge in [0, 0.05) is 28.8 Å². The summed E-state index contributed by atoms with van der Waals surface area (Å²) in [5.41, 5.74) is 7.40. The number of hydrogen-bond donors (Lipinski definition) is 4. The third-order valence-electron chi connectivity index (χ3n) is 6.18. The molecule has 0 spiro atoms. The van der Waals surface area contributed by atoms with Gasteiger partial charge >= 0.3 is 0 Å². The highest BCUT2D eigenvalue weighted by Gasteiger charge is 2.15. The highest BCUT2D eigenvalue weighted by Crippen LogP contribution is 2.31. The van der Waals surface area contributed by atoms with Crippen LogP contribution >= 0.6 is 0 Å². The first-order valence-corrected chi connectivity index (χ1v) is 10.7. The van der Waals surface area contributed by atoms with Crippen molar-refractivity contribution in [2.24, 2.45) is 5.92 Å². The lowest BCUT2D eigenvalue weighted by atomic mass is 9.96. The number of nitrogens with one attached hydrogen (secondary N) is 4. The van der Waals surface area contributed by atoms with Gasteiger partial charge in [-0.3, -0.25) is 4.98 Å². The van der Waals surface area contributed by atoms with Crippen molar-refractivity contribution in [3.8, 4) is 0 Å². The molecule has 0 bridgehead atoms. The number of rotatable bonds is 5.